The van der Waals surface area contributed by atoms with E-state index in [1.807, 2.05) is 32.0 Å². The summed E-state index contributed by atoms with van der Waals surface area (Å²) >= 11 is 1.51. The molecule has 1 heterocycles. The van der Waals surface area contributed by atoms with Crippen LogP contribution in [0.4, 0.5) is 5.69 Å². The SMILES string of the molecule is Cc1cc(C)nc(SCc2ccc(C(=O)NNC(=O)Cc3ccccc3[N+](=O)[O-])cc2)n1. The highest BCUT2D eigenvalue weighted by atomic mass is 32.2. The lowest BCUT2D eigenvalue weighted by atomic mass is 10.1. The summed E-state index contributed by atoms with van der Waals surface area (Å²) < 4.78 is 0. The minimum atomic E-state index is -0.561. The van der Waals surface area contributed by atoms with Gasteiger partial charge in [0.15, 0.2) is 5.16 Å². The van der Waals surface area contributed by atoms with E-state index in [4.69, 9.17) is 0 Å². The van der Waals surface area contributed by atoms with E-state index in [9.17, 15) is 19.7 Å². The fourth-order valence-corrected chi connectivity index (χ4v) is 3.82. The highest BCUT2D eigenvalue weighted by Crippen LogP contribution is 2.20. The maximum absolute atomic E-state index is 12.3. The lowest BCUT2D eigenvalue weighted by Crippen LogP contribution is -2.42. The highest BCUT2D eigenvalue weighted by molar-refractivity contribution is 7.98. The van der Waals surface area contributed by atoms with Crippen molar-refractivity contribution in [2.75, 3.05) is 0 Å². The van der Waals surface area contributed by atoms with E-state index in [-0.39, 0.29) is 17.7 Å². The van der Waals surface area contributed by atoms with Crippen molar-refractivity contribution >= 4 is 29.3 Å². The van der Waals surface area contributed by atoms with Crippen LogP contribution in [-0.4, -0.2) is 26.7 Å². The molecule has 0 saturated heterocycles. The number of nitrogens with one attached hydrogen (secondary N) is 2. The first kappa shape index (κ1) is 22.9. The number of aromatic nitrogens is 2. The molecule has 32 heavy (non-hydrogen) atoms. The van der Waals surface area contributed by atoms with Crippen molar-refractivity contribution in [1.29, 1.82) is 0 Å². The summed E-state index contributed by atoms with van der Waals surface area (Å²) in [6, 6.07) is 14.8. The van der Waals surface area contributed by atoms with E-state index in [1.165, 1.54) is 30.0 Å². The number of carbonyl (C=O) groups is 2. The number of nitro benzene ring substituents is 1. The smallest absolute Gasteiger partial charge is 0.273 e. The zero-order valence-corrected chi connectivity index (χ0v) is 18.3. The van der Waals surface area contributed by atoms with Gasteiger partial charge in [-0.1, -0.05) is 42.1 Å². The summed E-state index contributed by atoms with van der Waals surface area (Å²) in [6.07, 6.45) is -0.228. The van der Waals surface area contributed by atoms with Gasteiger partial charge in [0, 0.05) is 34.3 Å². The van der Waals surface area contributed by atoms with Gasteiger partial charge in [-0.2, -0.15) is 0 Å². The number of hydrazine groups is 1. The molecule has 2 amide bonds. The Kier molecular flexibility index (Phi) is 7.50. The number of rotatable bonds is 7. The van der Waals surface area contributed by atoms with Gasteiger partial charge >= 0.3 is 0 Å². The zero-order chi connectivity index (χ0) is 23.1. The van der Waals surface area contributed by atoms with Crippen molar-refractivity contribution in [2.45, 2.75) is 31.2 Å². The van der Waals surface area contributed by atoms with Crippen LogP contribution < -0.4 is 10.9 Å². The molecule has 0 bridgehead atoms. The number of aryl methyl sites for hydroxylation is 2. The number of amides is 2. The molecule has 1 aromatic heterocycles. The summed E-state index contributed by atoms with van der Waals surface area (Å²) in [5.74, 6) is -0.399. The molecule has 0 aliphatic carbocycles. The monoisotopic (exact) mass is 451 g/mol. The predicted octanol–water partition coefficient (Wildman–Crippen LogP) is 3.30. The van der Waals surface area contributed by atoms with E-state index in [0.717, 1.165) is 17.0 Å². The van der Waals surface area contributed by atoms with Crippen LogP contribution in [0.15, 0.2) is 59.8 Å². The van der Waals surface area contributed by atoms with Gasteiger partial charge in [-0.05, 0) is 37.6 Å². The zero-order valence-electron chi connectivity index (χ0n) is 17.5. The number of nitrogens with zero attached hydrogens (tertiary/aromatic N) is 3. The fraction of sp³-hybridized carbons (Fsp3) is 0.182. The Hall–Kier alpha value is -3.79. The lowest BCUT2D eigenvalue weighted by Gasteiger charge is -2.08. The van der Waals surface area contributed by atoms with Gasteiger partial charge in [0.1, 0.15) is 0 Å². The van der Waals surface area contributed by atoms with Crippen molar-refractivity contribution < 1.29 is 14.5 Å². The maximum atomic E-state index is 12.3. The third-order valence-electron chi connectivity index (χ3n) is 4.40. The second-order valence-electron chi connectivity index (χ2n) is 6.98. The standard InChI is InChI=1S/C22H21N5O4S/c1-14-11-15(2)24-22(23-14)32-13-16-7-9-17(10-8-16)21(29)26-25-20(28)12-18-5-3-4-6-19(18)27(30)31/h3-11H,12-13H2,1-2H3,(H,25,28)(H,26,29). The Morgan fingerprint density at radius 2 is 1.66 bits per heavy atom. The average Bonchev–Trinajstić information content (AvgIpc) is 2.76. The van der Waals surface area contributed by atoms with Crippen LogP contribution in [0.25, 0.3) is 0 Å². The number of thioether (sulfide) groups is 1. The Labute approximate surface area is 188 Å². The van der Waals surface area contributed by atoms with E-state index in [0.29, 0.717) is 16.5 Å². The summed E-state index contributed by atoms with van der Waals surface area (Å²) in [7, 11) is 0. The molecule has 164 valence electrons. The van der Waals surface area contributed by atoms with Gasteiger partial charge in [-0.3, -0.25) is 30.6 Å². The van der Waals surface area contributed by atoms with Gasteiger partial charge < -0.3 is 0 Å². The molecule has 0 saturated carbocycles. The van der Waals surface area contributed by atoms with E-state index in [1.54, 1.807) is 18.2 Å². The normalized spacial score (nSPS) is 10.4. The van der Waals surface area contributed by atoms with Crippen LogP contribution >= 0.6 is 11.8 Å². The molecule has 0 fully saturated rings. The van der Waals surface area contributed by atoms with Gasteiger partial charge in [0.05, 0.1) is 11.3 Å². The molecule has 3 rings (SSSR count). The Morgan fingerprint density at radius 3 is 2.31 bits per heavy atom. The number of para-hydroxylation sites is 1. The minimum Gasteiger partial charge on any atom is -0.273 e. The molecule has 10 heteroatoms. The van der Waals surface area contributed by atoms with Gasteiger partial charge in [0.25, 0.3) is 11.6 Å². The van der Waals surface area contributed by atoms with Gasteiger partial charge in [0.2, 0.25) is 5.91 Å². The average molecular weight is 452 g/mol. The molecule has 9 nitrogen and oxygen atoms in total. The first-order valence-corrected chi connectivity index (χ1v) is 10.7. The molecule has 0 aliphatic rings. The third-order valence-corrected chi connectivity index (χ3v) is 5.32. The second kappa shape index (κ2) is 10.5. The van der Waals surface area contributed by atoms with Crippen LogP contribution in [0.1, 0.15) is 32.9 Å². The quantitative estimate of drug-likeness (QED) is 0.244. The first-order valence-electron chi connectivity index (χ1n) is 9.67. The van der Waals surface area contributed by atoms with Crippen LogP contribution in [0.2, 0.25) is 0 Å². The molecular formula is C22H21N5O4S. The summed E-state index contributed by atoms with van der Waals surface area (Å²) in [5, 5.41) is 11.7. The Balaban J connectivity index is 1.51. The van der Waals surface area contributed by atoms with Crippen LogP contribution in [0.3, 0.4) is 0 Å². The van der Waals surface area contributed by atoms with Crippen molar-refractivity contribution in [3.63, 3.8) is 0 Å². The minimum absolute atomic E-state index is 0.145. The van der Waals surface area contributed by atoms with E-state index in [2.05, 4.69) is 20.8 Å². The molecular weight excluding hydrogens is 430 g/mol. The second-order valence-corrected chi connectivity index (χ2v) is 7.93. The number of nitro groups is 1. The molecule has 0 aliphatic heterocycles. The van der Waals surface area contributed by atoms with Crippen molar-refractivity contribution in [3.8, 4) is 0 Å². The number of carbonyl (C=O) groups excluding carboxylic acids is 2. The molecule has 0 atom stereocenters. The van der Waals surface area contributed by atoms with Gasteiger partial charge in [-0.25, -0.2) is 9.97 Å². The number of hydrogen-bond acceptors (Lipinski definition) is 7. The topological polar surface area (TPSA) is 127 Å². The predicted molar refractivity (Wildman–Crippen MR) is 120 cm³/mol. The van der Waals surface area contributed by atoms with E-state index >= 15 is 0 Å². The third kappa shape index (κ3) is 6.35. The van der Waals surface area contributed by atoms with E-state index < -0.39 is 16.7 Å². The van der Waals surface area contributed by atoms with Crippen LogP contribution in [0.5, 0.6) is 0 Å². The van der Waals surface area contributed by atoms with Gasteiger partial charge in [-0.15, -0.1) is 0 Å². The Bertz CT molecular complexity index is 1130. The largest absolute Gasteiger partial charge is 0.273 e. The Morgan fingerprint density at radius 1 is 1.00 bits per heavy atom. The molecule has 0 spiro atoms. The molecule has 3 aromatic rings. The first-order chi connectivity index (χ1) is 15.3. The molecule has 0 unspecified atom stereocenters. The highest BCUT2D eigenvalue weighted by Gasteiger charge is 2.16. The van der Waals surface area contributed by atoms with Crippen molar-refractivity contribution in [3.05, 3.63) is 92.8 Å². The fourth-order valence-electron chi connectivity index (χ4n) is 2.91. The van der Waals surface area contributed by atoms with Crippen LogP contribution in [-0.2, 0) is 17.0 Å². The maximum Gasteiger partial charge on any atom is 0.273 e. The summed E-state index contributed by atoms with van der Waals surface area (Å²) in [5.41, 5.74) is 7.92. The molecule has 0 radical (unpaired) electrons. The number of hydrogen-bond donors (Lipinski definition) is 2. The van der Waals surface area contributed by atoms with Crippen LogP contribution in [0, 0.1) is 24.0 Å². The van der Waals surface area contributed by atoms with Crippen molar-refractivity contribution in [1.82, 2.24) is 20.8 Å². The lowest BCUT2D eigenvalue weighted by molar-refractivity contribution is -0.385. The number of benzene rings is 2. The van der Waals surface area contributed by atoms with Crippen molar-refractivity contribution in [2.24, 2.45) is 0 Å². The molecule has 2 N–H and O–H groups in total. The summed E-state index contributed by atoms with van der Waals surface area (Å²) in [4.78, 5) is 43.6. The molecule has 2 aromatic carbocycles. The summed E-state index contributed by atoms with van der Waals surface area (Å²) in [6.45, 7) is 3.85.